The molecule has 1 heterocycles. The molecule has 0 unspecified atom stereocenters. The van der Waals surface area contributed by atoms with Gasteiger partial charge in [-0.3, -0.25) is 4.68 Å². The third-order valence-corrected chi connectivity index (χ3v) is 2.73. The van der Waals surface area contributed by atoms with Crippen LogP contribution in [0.25, 0.3) is 0 Å². The molecule has 0 bridgehead atoms. The van der Waals surface area contributed by atoms with Gasteiger partial charge in [0, 0.05) is 6.20 Å². The number of rotatable bonds is 3. The number of hydrogen-bond acceptors (Lipinski definition) is 3. The third kappa shape index (κ3) is 2.94. The average Bonchev–Trinajstić information content (AvgIpc) is 2.75. The molecule has 4 nitrogen and oxygen atoms in total. The fourth-order valence-corrected chi connectivity index (χ4v) is 1.80. The SMILES string of the molecule is COC(=O)c1ccc(Cn2cc(Br)cn2)cc1. The van der Waals surface area contributed by atoms with E-state index in [0.717, 1.165) is 10.0 Å². The average molecular weight is 295 g/mol. The second-order valence-electron chi connectivity index (χ2n) is 3.54. The lowest BCUT2D eigenvalue weighted by Crippen LogP contribution is -2.03. The number of carbonyl (C=O) groups excluding carboxylic acids is 1. The summed E-state index contributed by atoms with van der Waals surface area (Å²) in [5, 5.41) is 4.16. The van der Waals surface area contributed by atoms with Gasteiger partial charge in [0.05, 0.1) is 29.9 Å². The van der Waals surface area contributed by atoms with Gasteiger partial charge in [-0.25, -0.2) is 4.79 Å². The van der Waals surface area contributed by atoms with Crippen molar-refractivity contribution < 1.29 is 9.53 Å². The zero-order valence-electron chi connectivity index (χ0n) is 9.26. The van der Waals surface area contributed by atoms with Crippen molar-refractivity contribution in [2.45, 2.75) is 6.54 Å². The van der Waals surface area contributed by atoms with E-state index in [4.69, 9.17) is 0 Å². The summed E-state index contributed by atoms with van der Waals surface area (Å²) >= 11 is 3.34. The summed E-state index contributed by atoms with van der Waals surface area (Å²) < 4.78 is 7.40. The highest BCUT2D eigenvalue weighted by Crippen LogP contribution is 2.10. The van der Waals surface area contributed by atoms with Gasteiger partial charge in [-0.1, -0.05) is 12.1 Å². The number of nitrogens with zero attached hydrogens (tertiary/aromatic N) is 2. The molecule has 2 aromatic rings. The lowest BCUT2D eigenvalue weighted by Gasteiger charge is -2.03. The normalized spacial score (nSPS) is 10.2. The highest BCUT2D eigenvalue weighted by Gasteiger charge is 2.04. The minimum absolute atomic E-state index is 0.321. The van der Waals surface area contributed by atoms with Gasteiger partial charge in [0.2, 0.25) is 0 Å². The maximum Gasteiger partial charge on any atom is 0.337 e. The minimum atomic E-state index is -0.321. The van der Waals surface area contributed by atoms with Crippen LogP contribution in [0.5, 0.6) is 0 Å². The smallest absolute Gasteiger partial charge is 0.337 e. The van der Waals surface area contributed by atoms with Crippen LogP contribution in [0.15, 0.2) is 41.1 Å². The highest BCUT2D eigenvalue weighted by molar-refractivity contribution is 9.10. The van der Waals surface area contributed by atoms with Gasteiger partial charge >= 0.3 is 5.97 Å². The second-order valence-corrected chi connectivity index (χ2v) is 4.46. The van der Waals surface area contributed by atoms with Crippen molar-refractivity contribution in [1.82, 2.24) is 9.78 Å². The van der Waals surface area contributed by atoms with E-state index in [9.17, 15) is 4.79 Å². The van der Waals surface area contributed by atoms with E-state index >= 15 is 0 Å². The van der Waals surface area contributed by atoms with Crippen LogP contribution >= 0.6 is 15.9 Å². The van der Waals surface area contributed by atoms with E-state index in [1.807, 2.05) is 23.0 Å². The van der Waals surface area contributed by atoms with Crippen molar-refractivity contribution in [2.75, 3.05) is 7.11 Å². The van der Waals surface area contributed by atoms with Crippen LogP contribution in [0.3, 0.4) is 0 Å². The van der Waals surface area contributed by atoms with Crippen LogP contribution in [0.2, 0.25) is 0 Å². The van der Waals surface area contributed by atoms with Gasteiger partial charge in [-0.2, -0.15) is 5.10 Å². The lowest BCUT2D eigenvalue weighted by molar-refractivity contribution is 0.0600. The Labute approximate surface area is 107 Å². The van der Waals surface area contributed by atoms with Crippen molar-refractivity contribution in [2.24, 2.45) is 0 Å². The number of halogens is 1. The first-order valence-corrected chi connectivity index (χ1v) is 5.83. The standard InChI is InChI=1S/C12H11BrN2O2/c1-17-12(16)10-4-2-9(3-5-10)7-15-8-11(13)6-14-15/h2-6,8H,7H2,1H3. The fourth-order valence-electron chi connectivity index (χ4n) is 1.48. The van der Waals surface area contributed by atoms with E-state index in [1.165, 1.54) is 7.11 Å². The molecule has 5 heteroatoms. The fraction of sp³-hybridized carbons (Fsp3) is 0.167. The molecule has 1 aromatic heterocycles. The Morgan fingerprint density at radius 3 is 2.65 bits per heavy atom. The Balaban J connectivity index is 2.10. The molecule has 0 aliphatic carbocycles. The van der Waals surface area contributed by atoms with Gasteiger partial charge in [-0.15, -0.1) is 0 Å². The summed E-state index contributed by atoms with van der Waals surface area (Å²) in [5.74, 6) is -0.321. The Morgan fingerprint density at radius 2 is 2.12 bits per heavy atom. The van der Waals surface area contributed by atoms with E-state index in [-0.39, 0.29) is 5.97 Å². The Bertz CT molecular complexity index is 520. The number of hydrogen-bond donors (Lipinski definition) is 0. The molecule has 88 valence electrons. The van der Waals surface area contributed by atoms with Gasteiger partial charge in [0.15, 0.2) is 0 Å². The van der Waals surface area contributed by atoms with Crippen molar-refractivity contribution in [3.63, 3.8) is 0 Å². The Kier molecular flexibility index (Phi) is 3.58. The quantitative estimate of drug-likeness (QED) is 0.817. The molecule has 0 aliphatic rings. The van der Waals surface area contributed by atoms with E-state index < -0.39 is 0 Å². The first-order chi connectivity index (χ1) is 8.19. The van der Waals surface area contributed by atoms with Crippen LogP contribution in [-0.2, 0) is 11.3 Å². The number of esters is 1. The molecule has 0 saturated carbocycles. The van der Waals surface area contributed by atoms with E-state index in [0.29, 0.717) is 12.1 Å². The van der Waals surface area contributed by atoms with Gasteiger partial charge in [-0.05, 0) is 33.6 Å². The van der Waals surface area contributed by atoms with Crippen LogP contribution in [0.4, 0.5) is 0 Å². The number of benzene rings is 1. The zero-order chi connectivity index (χ0) is 12.3. The zero-order valence-corrected chi connectivity index (χ0v) is 10.8. The summed E-state index contributed by atoms with van der Waals surface area (Å²) in [5.41, 5.74) is 1.63. The predicted molar refractivity (Wildman–Crippen MR) is 66.8 cm³/mol. The number of ether oxygens (including phenoxy) is 1. The van der Waals surface area contributed by atoms with Gasteiger partial charge < -0.3 is 4.74 Å². The number of aromatic nitrogens is 2. The summed E-state index contributed by atoms with van der Waals surface area (Å²) in [6.45, 7) is 0.674. The topological polar surface area (TPSA) is 44.1 Å². The van der Waals surface area contributed by atoms with Gasteiger partial charge in [0.25, 0.3) is 0 Å². The number of methoxy groups -OCH3 is 1. The van der Waals surface area contributed by atoms with Crippen molar-refractivity contribution in [3.8, 4) is 0 Å². The van der Waals surface area contributed by atoms with Crippen molar-refractivity contribution >= 4 is 21.9 Å². The third-order valence-electron chi connectivity index (χ3n) is 2.32. The summed E-state index contributed by atoms with van der Waals surface area (Å²) in [4.78, 5) is 11.2. The Hall–Kier alpha value is -1.62. The molecule has 0 saturated heterocycles. The predicted octanol–water partition coefficient (Wildman–Crippen LogP) is 2.48. The molecule has 0 radical (unpaired) electrons. The monoisotopic (exact) mass is 294 g/mol. The maximum absolute atomic E-state index is 11.2. The van der Waals surface area contributed by atoms with Crippen LogP contribution in [-0.4, -0.2) is 22.9 Å². The van der Waals surface area contributed by atoms with E-state index in [1.54, 1.807) is 18.3 Å². The summed E-state index contributed by atoms with van der Waals surface area (Å²) in [7, 11) is 1.37. The molecule has 0 amide bonds. The van der Waals surface area contributed by atoms with Crippen LogP contribution < -0.4 is 0 Å². The molecule has 0 aliphatic heterocycles. The maximum atomic E-state index is 11.2. The molecule has 0 spiro atoms. The van der Waals surface area contributed by atoms with Crippen molar-refractivity contribution in [3.05, 3.63) is 52.3 Å². The first-order valence-electron chi connectivity index (χ1n) is 5.04. The molecule has 0 atom stereocenters. The highest BCUT2D eigenvalue weighted by atomic mass is 79.9. The second kappa shape index (κ2) is 5.14. The molecular weight excluding hydrogens is 284 g/mol. The van der Waals surface area contributed by atoms with Crippen LogP contribution in [0, 0.1) is 0 Å². The number of carbonyl (C=O) groups is 1. The summed E-state index contributed by atoms with van der Waals surface area (Å²) in [6, 6.07) is 7.28. The molecular formula is C12H11BrN2O2. The summed E-state index contributed by atoms with van der Waals surface area (Å²) in [6.07, 6.45) is 3.64. The van der Waals surface area contributed by atoms with Crippen LogP contribution in [0.1, 0.15) is 15.9 Å². The molecule has 0 N–H and O–H groups in total. The van der Waals surface area contributed by atoms with Gasteiger partial charge in [0.1, 0.15) is 0 Å². The lowest BCUT2D eigenvalue weighted by atomic mass is 10.1. The van der Waals surface area contributed by atoms with E-state index in [2.05, 4.69) is 25.8 Å². The first kappa shape index (κ1) is 11.9. The van der Waals surface area contributed by atoms with Crippen molar-refractivity contribution in [1.29, 1.82) is 0 Å². The molecule has 17 heavy (non-hydrogen) atoms. The minimum Gasteiger partial charge on any atom is -0.465 e. The molecule has 0 fully saturated rings. The molecule has 2 rings (SSSR count). The molecule has 1 aromatic carbocycles. The Morgan fingerprint density at radius 1 is 1.41 bits per heavy atom. The largest absolute Gasteiger partial charge is 0.465 e.